The van der Waals surface area contributed by atoms with E-state index in [1.807, 2.05) is 0 Å². The summed E-state index contributed by atoms with van der Waals surface area (Å²) < 4.78 is 5.02. The lowest BCUT2D eigenvalue weighted by atomic mass is 10.1. The van der Waals surface area contributed by atoms with E-state index in [1.54, 1.807) is 0 Å². The van der Waals surface area contributed by atoms with E-state index in [0.29, 0.717) is 6.61 Å². The fourth-order valence-corrected chi connectivity index (χ4v) is 2.61. The summed E-state index contributed by atoms with van der Waals surface area (Å²) in [5, 5.41) is 8.59. The lowest BCUT2D eigenvalue weighted by molar-refractivity contribution is -0.136. The second kappa shape index (κ2) is 18.1. The molecule has 0 saturated carbocycles. The van der Waals surface area contributed by atoms with Crippen LogP contribution in [-0.2, 0) is 9.53 Å². The predicted octanol–water partition coefficient (Wildman–Crippen LogP) is 6.64. The first kappa shape index (κ1) is 22.8. The van der Waals surface area contributed by atoms with Crippen LogP contribution in [0.4, 0.5) is 0 Å². The molecule has 0 aromatic rings. The normalized spacial score (nSPS) is 11.0. The summed E-state index contributed by atoms with van der Waals surface area (Å²) >= 11 is 0. The highest BCUT2D eigenvalue weighted by atomic mass is 16.5. The van der Waals surface area contributed by atoms with Gasteiger partial charge in [-0.15, -0.1) is 0 Å². The summed E-state index contributed by atoms with van der Waals surface area (Å²) in [6.45, 7) is 6.06. The van der Waals surface area contributed by atoms with Crippen LogP contribution in [0.1, 0.15) is 96.8 Å². The second-order valence-electron chi connectivity index (χ2n) is 6.51. The van der Waals surface area contributed by atoms with Gasteiger partial charge in [0.25, 0.3) is 0 Å². The monoisotopic (exact) mass is 338 g/mol. The molecule has 0 atom stereocenters. The Morgan fingerprint density at radius 3 is 1.79 bits per heavy atom. The molecule has 0 aliphatic rings. The Morgan fingerprint density at radius 1 is 0.833 bits per heavy atom. The zero-order valence-electron chi connectivity index (χ0n) is 15.7. The van der Waals surface area contributed by atoms with Gasteiger partial charge in [-0.05, 0) is 38.7 Å². The van der Waals surface area contributed by atoms with E-state index in [1.165, 1.54) is 77.0 Å². The second-order valence-corrected chi connectivity index (χ2v) is 6.51. The summed E-state index contributed by atoms with van der Waals surface area (Å²) in [7, 11) is 0. The quantitative estimate of drug-likeness (QED) is 0.132. The van der Waals surface area contributed by atoms with Gasteiger partial charge in [0, 0.05) is 0 Å². The average molecular weight is 339 g/mol. The molecule has 0 rings (SSSR count). The van der Waals surface area contributed by atoms with Gasteiger partial charge in [-0.1, -0.05) is 76.9 Å². The van der Waals surface area contributed by atoms with Crippen LogP contribution in [0.25, 0.3) is 0 Å². The maximum Gasteiger partial charge on any atom is 0.370 e. The summed E-state index contributed by atoms with van der Waals surface area (Å²) in [5.74, 6) is -1.22. The van der Waals surface area contributed by atoms with E-state index in [-0.39, 0.29) is 5.76 Å². The van der Waals surface area contributed by atoms with E-state index >= 15 is 0 Å². The third-order valence-corrected chi connectivity index (χ3v) is 4.17. The van der Waals surface area contributed by atoms with E-state index in [9.17, 15) is 4.79 Å². The number of carbonyl (C=O) groups is 1. The first-order chi connectivity index (χ1) is 11.7. The molecule has 0 fully saturated rings. The zero-order chi connectivity index (χ0) is 17.9. The first-order valence-corrected chi connectivity index (χ1v) is 9.88. The van der Waals surface area contributed by atoms with Crippen LogP contribution in [0.3, 0.4) is 0 Å². The van der Waals surface area contributed by atoms with Gasteiger partial charge in [0.1, 0.15) is 0 Å². The van der Waals surface area contributed by atoms with Crippen molar-refractivity contribution in [1.29, 1.82) is 0 Å². The highest BCUT2D eigenvalue weighted by molar-refractivity contribution is 5.83. The van der Waals surface area contributed by atoms with Crippen molar-refractivity contribution in [2.24, 2.45) is 0 Å². The summed E-state index contributed by atoms with van der Waals surface area (Å²) in [6, 6.07) is 0. The molecule has 1 N–H and O–H groups in total. The summed E-state index contributed by atoms with van der Waals surface area (Å²) in [6.07, 6.45) is 22.4. The smallest absolute Gasteiger partial charge is 0.370 e. The van der Waals surface area contributed by atoms with Gasteiger partial charge in [0.05, 0.1) is 6.61 Å². The minimum Gasteiger partial charge on any atom is -0.487 e. The molecule has 0 aliphatic carbocycles. The molecule has 0 saturated heterocycles. The van der Waals surface area contributed by atoms with Gasteiger partial charge >= 0.3 is 5.97 Å². The lowest BCUT2D eigenvalue weighted by Crippen LogP contribution is -2.04. The van der Waals surface area contributed by atoms with Crippen LogP contribution in [0.2, 0.25) is 0 Å². The molecule has 0 spiro atoms. The van der Waals surface area contributed by atoms with Gasteiger partial charge in [-0.25, -0.2) is 4.79 Å². The summed E-state index contributed by atoms with van der Waals surface area (Å²) in [5.41, 5.74) is 0. The molecule has 3 heteroatoms. The molecule has 24 heavy (non-hydrogen) atoms. The van der Waals surface area contributed by atoms with Crippen molar-refractivity contribution in [3.8, 4) is 0 Å². The SMILES string of the molecule is C=C(OCCCCCCCC/C=C\CCCCCCCC)C(=O)O. The number of hydrogen-bond acceptors (Lipinski definition) is 2. The number of rotatable bonds is 18. The van der Waals surface area contributed by atoms with E-state index in [0.717, 1.165) is 12.8 Å². The Morgan fingerprint density at radius 2 is 1.29 bits per heavy atom. The number of carboxylic acids is 1. The number of unbranched alkanes of at least 4 members (excludes halogenated alkanes) is 12. The van der Waals surface area contributed by atoms with E-state index < -0.39 is 5.97 Å². The van der Waals surface area contributed by atoms with Gasteiger partial charge in [-0.2, -0.15) is 0 Å². The maximum absolute atomic E-state index is 10.5. The molecule has 0 heterocycles. The minimum absolute atomic E-state index is 0.150. The summed E-state index contributed by atoms with van der Waals surface area (Å²) in [4.78, 5) is 10.5. The Hall–Kier alpha value is -1.25. The molecule has 0 aliphatic heterocycles. The largest absolute Gasteiger partial charge is 0.487 e. The third-order valence-electron chi connectivity index (χ3n) is 4.17. The van der Waals surface area contributed by atoms with Crippen molar-refractivity contribution in [1.82, 2.24) is 0 Å². The zero-order valence-corrected chi connectivity index (χ0v) is 15.7. The number of allylic oxidation sites excluding steroid dienone is 2. The van der Waals surface area contributed by atoms with Crippen molar-refractivity contribution in [2.45, 2.75) is 96.8 Å². The number of carboxylic acid groups (broad SMARTS) is 1. The van der Waals surface area contributed by atoms with Crippen LogP contribution >= 0.6 is 0 Å². The molecule has 0 bridgehead atoms. The van der Waals surface area contributed by atoms with Gasteiger partial charge in [0.2, 0.25) is 0 Å². The molecule has 0 aromatic heterocycles. The predicted molar refractivity (Wildman–Crippen MR) is 102 cm³/mol. The van der Waals surface area contributed by atoms with Gasteiger partial charge in [0.15, 0.2) is 5.76 Å². The fraction of sp³-hybridized carbons (Fsp3) is 0.762. The molecule has 0 radical (unpaired) electrons. The van der Waals surface area contributed by atoms with Crippen LogP contribution < -0.4 is 0 Å². The highest BCUT2D eigenvalue weighted by Gasteiger charge is 2.03. The van der Waals surface area contributed by atoms with Crippen molar-refractivity contribution < 1.29 is 14.6 Å². The molecular formula is C21H38O3. The lowest BCUT2D eigenvalue weighted by Gasteiger charge is -2.04. The van der Waals surface area contributed by atoms with Crippen LogP contribution in [0.15, 0.2) is 24.5 Å². The Kier molecular flexibility index (Phi) is 17.2. The number of aliphatic carboxylic acids is 1. The van der Waals surface area contributed by atoms with E-state index in [2.05, 4.69) is 25.7 Å². The number of hydrogen-bond donors (Lipinski definition) is 1. The molecule has 0 aromatic carbocycles. The number of ether oxygens (including phenoxy) is 1. The van der Waals surface area contributed by atoms with E-state index in [4.69, 9.17) is 9.84 Å². The van der Waals surface area contributed by atoms with Crippen molar-refractivity contribution >= 4 is 5.97 Å². The van der Waals surface area contributed by atoms with Gasteiger partial charge < -0.3 is 9.84 Å². The molecule has 0 unspecified atom stereocenters. The van der Waals surface area contributed by atoms with Crippen molar-refractivity contribution in [3.05, 3.63) is 24.5 Å². The highest BCUT2D eigenvalue weighted by Crippen LogP contribution is 2.10. The van der Waals surface area contributed by atoms with Crippen LogP contribution in [0.5, 0.6) is 0 Å². The van der Waals surface area contributed by atoms with Crippen molar-refractivity contribution in [2.75, 3.05) is 6.61 Å². The molecule has 140 valence electrons. The van der Waals surface area contributed by atoms with Crippen LogP contribution in [0, 0.1) is 0 Å². The first-order valence-electron chi connectivity index (χ1n) is 9.88. The average Bonchev–Trinajstić information content (AvgIpc) is 2.57. The molecule has 0 amide bonds. The Balaban J connectivity index is 3.15. The Labute approximate surface area is 149 Å². The molecular weight excluding hydrogens is 300 g/mol. The Bertz CT molecular complexity index is 334. The van der Waals surface area contributed by atoms with Crippen molar-refractivity contribution in [3.63, 3.8) is 0 Å². The fourth-order valence-electron chi connectivity index (χ4n) is 2.61. The topological polar surface area (TPSA) is 46.5 Å². The van der Waals surface area contributed by atoms with Gasteiger partial charge in [-0.3, -0.25) is 0 Å². The third kappa shape index (κ3) is 17.1. The minimum atomic E-state index is -1.07. The standard InChI is InChI=1S/C21H38O3/c1-3-4-5-6-7-8-9-10-11-12-13-14-15-16-17-18-19-24-20(2)21(22)23/h10-11H,2-9,12-19H2,1H3,(H,22,23)/b11-10-. The van der Waals surface area contributed by atoms with Crippen LogP contribution in [-0.4, -0.2) is 17.7 Å². The molecule has 3 nitrogen and oxygen atoms in total. The maximum atomic E-state index is 10.5.